The van der Waals surface area contributed by atoms with E-state index in [2.05, 4.69) is 20.9 Å². The number of ether oxygens (including phenoxy) is 2. The van der Waals surface area contributed by atoms with Crippen LogP contribution in [0, 0.1) is 0 Å². The number of carbonyl (C=O) groups is 1. The van der Waals surface area contributed by atoms with Crippen LogP contribution in [0.1, 0.15) is 31.9 Å². The largest absolute Gasteiger partial charge is 0.488 e. The van der Waals surface area contributed by atoms with Gasteiger partial charge in [0.25, 0.3) is 0 Å². The van der Waals surface area contributed by atoms with Gasteiger partial charge in [0.05, 0.1) is 16.1 Å². The Hall–Kier alpha value is -3.32. The molecule has 33 heavy (non-hydrogen) atoms. The Labute approximate surface area is 201 Å². The summed E-state index contributed by atoms with van der Waals surface area (Å²) < 4.78 is 18.2. The lowest BCUT2D eigenvalue weighted by atomic mass is 10.1. The van der Waals surface area contributed by atoms with Crippen LogP contribution in [0.4, 0.5) is 4.79 Å². The lowest BCUT2D eigenvalue weighted by Crippen LogP contribution is -2.46. The number of benzene rings is 2. The highest BCUT2D eigenvalue weighted by Crippen LogP contribution is 2.31. The molecule has 0 spiro atoms. The minimum Gasteiger partial charge on any atom is -0.488 e. The summed E-state index contributed by atoms with van der Waals surface area (Å²) in [5, 5.41) is 0.728. The highest BCUT2D eigenvalue weighted by molar-refractivity contribution is 9.10. The Morgan fingerprint density at radius 3 is 2.58 bits per heavy atom. The molecule has 2 aromatic carbocycles. The zero-order chi connectivity index (χ0) is 23.4. The second-order valence-corrected chi connectivity index (χ2v) is 9.49. The van der Waals surface area contributed by atoms with E-state index < -0.39 is 11.6 Å². The summed E-state index contributed by atoms with van der Waals surface area (Å²) in [5.74, 6) is 1.10. The van der Waals surface area contributed by atoms with Crippen LogP contribution < -0.4 is 9.47 Å². The van der Waals surface area contributed by atoms with Crippen LogP contribution in [0.5, 0.6) is 11.5 Å². The Bertz CT molecular complexity index is 1250. The number of halogens is 1. The van der Waals surface area contributed by atoms with Crippen LogP contribution in [0.3, 0.4) is 0 Å². The first-order valence-corrected chi connectivity index (χ1v) is 11.4. The third-order valence-corrected chi connectivity index (χ3v) is 5.73. The van der Waals surface area contributed by atoms with E-state index in [9.17, 15) is 4.79 Å². The molecule has 0 fully saturated rings. The lowest BCUT2D eigenvalue weighted by Gasteiger charge is -2.34. The van der Waals surface area contributed by atoms with Crippen molar-refractivity contribution in [3.8, 4) is 11.5 Å². The van der Waals surface area contributed by atoms with Gasteiger partial charge in [-0.15, -0.1) is 0 Å². The molecule has 6 nitrogen and oxygen atoms in total. The van der Waals surface area contributed by atoms with Crippen LogP contribution in [0.15, 0.2) is 82.1 Å². The maximum atomic E-state index is 13.3. The Morgan fingerprint density at radius 2 is 1.85 bits per heavy atom. The van der Waals surface area contributed by atoms with E-state index in [0.717, 1.165) is 21.0 Å². The van der Waals surface area contributed by atoms with Crippen molar-refractivity contribution in [2.24, 2.45) is 0 Å². The Morgan fingerprint density at radius 1 is 1.06 bits per heavy atom. The molecule has 0 aliphatic rings. The minimum atomic E-state index is -0.434. The fourth-order valence-electron chi connectivity index (χ4n) is 3.39. The van der Waals surface area contributed by atoms with Gasteiger partial charge in [-0.25, -0.2) is 4.79 Å². The highest BCUT2D eigenvalue weighted by atomic mass is 79.9. The van der Waals surface area contributed by atoms with Crippen LogP contribution in [-0.4, -0.2) is 21.5 Å². The van der Waals surface area contributed by atoms with E-state index in [1.54, 1.807) is 35.7 Å². The average Bonchev–Trinajstić information content (AvgIpc) is 3.26. The topological polar surface area (TPSA) is 64.8 Å². The third-order valence-electron chi connectivity index (χ3n) is 5.13. The van der Waals surface area contributed by atoms with Gasteiger partial charge >= 0.3 is 6.09 Å². The fraction of sp³-hybridized carbons (Fsp3) is 0.231. The van der Waals surface area contributed by atoms with Gasteiger partial charge in [0.1, 0.15) is 23.7 Å². The van der Waals surface area contributed by atoms with Crippen LogP contribution in [0.25, 0.3) is 11.0 Å². The van der Waals surface area contributed by atoms with Gasteiger partial charge in [-0.2, -0.15) is 0 Å². The first-order chi connectivity index (χ1) is 15.8. The molecular weight excluding hydrogens is 484 g/mol. The van der Waals surface area contributed by atoms with Crippen molar-refractivity contribution >= 4 is 33.0 Å². The second-order valence-electron chi connectivity index (χ2n) is 8.63. The molecule has 2 aromatic heterocycles. The summed E-state index contributed by atoms with van der Waals surface area (Å²) in [5.41, 5.74) is 2.03. The number of fused-ring (bicyclic) bond motifs is 1. The van der Waals surface area contributed by atoms with Gasteiger partial charge in [-0.3, -0.25) is 9.88 Å². The van der Waals surface area contributed by atoms with Gasteiger partial charge in [0.2, 0.25) is 0 Å². The van der Waals surface area contributed by atoms with Crippen molar-refractivity contribution in [1.29, 1.82) is 0 Å². The van der Waals surface area contributed by atoms with Gasteiger partial charge in [-0.1, -0.05) is 30.3 Å². The Balaban J connectivity index is 1.58. The molecule has 1 amide bonds. The number of carbonyl (C=O) groups excluding carboxylic acids is 1. The molecule has 2 heterocycles. The predicted octanol–water partition coefficient (Wildman–Crippen LogP) is 6.97. The van der Waals surface area contributed by atoms with Crippen LogP contribution >= 0.6 is 15.9 Å². The Kier molecular flexibility index (Phi) is 6.70. The van der Waals surface area contributed by atoms with E-state index in [0.29, 0.717) is 23.6 Å². The van der Waals surface area contributed by atoms with Crippen molar-refractivity contribution in [2.75, 3.05) is 0 Å². The smallest absolute Gasteiger partial charge is 0.415 e. The average molecular weight is 509 g/mol. The highest BCUT2D eigenvalue weighted by Gasteiger charge is 2.29. The number of rotatable bonds is 6. The molecule has 4 aromatic rings. The molecule has 0 aliphatic carbocycles. The first kappa shape index (κ1) is 22.9. The van der Waals surface area contributed by atoms with E-state index in [-0.39, 0.29) is 6.61 Å². The molecule has 0 unspecified atom stereocenters. The summed E-state index contributed by atoms with van der Waals surface area (Å²) >= 11 is 3.43. The van der Waals surface area contributed by atoms with Crippen molar-refractivity contribution in [1.82, 2.24) is 9.88 Å². The number of amides is 1. The molecule has 0 atom stereocenters. The van der Waals surface area contributed by atoms with Gasteiger partial charge in [-0.05, 0) is 72.1 Å². The summed E-state index contributed by atoms with van der Waals surface area (Å²) in [4.78, 5) is 19.0. The quantitative estimate of drug-likeness (QED) is 0.281. The van der Waals surface area contributed by atoms with Crippen molar-refractivity contribution in [3.05, 3.63) is 88.9 Å². The molecule has 4 rings (SSSR count). The molecule has 0 bridgehead atoms. The van der Waals surface area contributed by atoms with E-state index >= 15 is 0 Å². The number of hydrogen-bond donors (Lipinski definition) is 0. The number of furan rings is 1. The molecule has 0 aliphatic heterocycles. The zero-order valence-electron chi connectivity index (χ0n) is 18.7. The van der Waals surface area contributed by atoms with Crippen LogP contribution in [-0.2, 0) is 13.2 Å². The standard InChI is InChI=1S/C26H25BrN2O4/c1-26(2,3)29(16-18-7-5-4-6-8-18)25(30)33-24-14-19(13-23-20(24)10-12-31-23)17-32-22-9-11-28-15-21(22)27/h4-15H,16-17H2,1-3H3. The number of hydrogen-bond acceptors (Lipinski definition) is 5. The molecular formula is C26H25BrN2O4. The molecule has 7 heteroatoms. The maximum Gasteiger partial charge on any atom is 0.415 e. The van der Waals surface area contributed by atoms with Gasteiger partial charge in [0, 0.05) is 24.5 Å². The lowest BCUT2D eigenvalue weighted by molar-refractivity contribution is 0.102. The summed E-state index contributed by atoms with van der Waals surface area (Å²) in [6, 6.07) is 17.1. The third kappa shape index (κ3) is 5.54. The minimum absolute atomic E-state index is 0.275. The maximum absolute atomic E-state index is 13.3. The number of nitrogens with zero attached hydrogens (tertiary/aromatic N) is 2. The van der Waals surface area contributed by atoms with Crippen molar-refractivity contribution in [2.45, 2.75) is 39.5 Å². The predicted molar refractivity (Wildman–Crippen MR) is 130 cm³/mol. The molecule has 0 saturated carbocycles. The van der Waals surface area contributed by atoms with E-state index in [4.69, 9.17) is 13.9 Å². The van der Waals surface area contributed by atoms with Crippen molar-refractivity contribution in [3.63, 3.8) is 0 Å². The summed E-state index contributed by atoms with van der Waals surface area (Å²) in [6.45, 7) is 6.68. The van der Waals surface area contributed by atoms with E-state index in [1.807, 2.05) is 63.2 Å². The first-order valence-electron chi connectivity index (χ1n) is 10.6. The fourth-order valence-corrected chi connectivity index (χ4v) is 3.76. The van der Waals surface area contributed by atoms with E-state index in [1.165, 1.54) is 0 Å². The van der Waals surface area contributed by atoms with Gasteiger partial charge < -0.3 is 13.9 Å². The number of pyridine rings is 1. The SMILES string of the molecule is CC(C)(C)N(Cc1ccccc1)C(=O)Oc1cc(COc2ccncc2Br)cc2occc12. The normalized spacial score (nSPS) is 11.4. The summed E-state index contributed by atoms with van der Waals surface area (Å²) in [7, 11) is 0. The molecule has 0 saturated heterocycles. The van der Waals surface area contributed by atoms with Crippen LogP contribution in [0.2, 0.25) is 0 Å². The molecule has 0 radical (unpaired) electrons. The monoisotopic (exact) mass is 508 g/mol. The zero-order valence-corrected chi connectivity index (χ0v) is 20.3. The second kappa shape index (κ2) is 9.67. The summed E-state index contributed by atoms with van der Waals surface area (Å²) in [6.07, 6.45) is 4.49. The molecule has 170 valence electrons. The van der Waals surface area contributed by atoms with Crippen molar-refractivity contribution < 1.29 is 18.7 Å². The molecule has 0 N–H and O–H groups in total. The van der Waals surface area contributed by atoms with Gasteiger partial charge in [0.15, 0.2) is 0 Å². The number of aromatic nitrogens is 1.